The minimum atomic E-state index is -0.00817. The number of hydrogen-bond donors (Lipinski definition) is 0. The zero-order valence-corrected chi connectivity index (χ0v) is 15.8. The van der Waals surface area contributed by atoms with E-state index in [2.05, 4.69) is 27.0 Å². The number of rotatable bonds is 3. The summed E-state index contributed by atoms with van der Waals surface area (Å²) in [6.45, 7) is 4.64. The van der Waals surface area contributed by atoms with Gasteiger partial charge in [-0.1, -0.05) is 6.07 Å². The lowest BCUT2D eigenvalue weighted by atomic mass is 9.94. The third-order valence-electron chi connectivity index (χ3n) is 5.89. The van der Waals surface area contributed by atoms with Gasteiger partial charge in [-0.3, -0.25) is 14.7 Å². The van der Waals surface area contributed by atoms with E-state index in [1.807, 2.05) is 11.0 Å². The number of nitrogens with zero attached hydrogens (tertiary/aromatic N) is 4. The van der Waals surface area contributed by atoms with E-state index in [0.29, 0.717) is 30.9 Å². The van der Waals surface area contributed by atoms with Crippen LogP contribution >= 0.6 is 0 Å². The molecule has 1 aromatic carbocycles. The van der Waals surface area contributed by atoms with Crippen molar-refractivity contribution in [3.63, 3.8) is 0 Å². The van der Waals surface area contributed by atoms with Crippen molar-refractivity contribution in [1.29, 1.82) is 0 Å². The third kappa shape index (κ3) is 3.42. The molecule has 0 radical (unpaired) electrons. The van der Waals surface area contributed by atoms with Crippen molar-refractivity contribution >= 4 is 5.91 Å². The average Bonchev–Trinajstić information content (AvgIpc) is 3.06. The summed E-state index contributed by atoms with van der Waals surface area (Å²) in [5, 5.41) is 0. The van der Waals surface area contributed by atoms with Gasteiger partial charge in [0.25, 0.3) is 5.91 Å². The molecule has 2 bridgehead atoms. The van der Waals surface area contributed by atoms with E-state index in [1.54, 1.807) is 18.6 Å². The van der Waals surface area contributed by atoms with E-state index >= 15 is 0 Å². The number of ether oxygens (including phenoxy) is 2. The Morgan fingerprint density at radius 2 is 1.96 bits per heavy atom. The fourth-order valence-corrected chi connectivity index (χ4v) is 4.53. The van der Waals surface area contributed by atoms with Gasteiger partial charge in [-0.05, 0) is 36.5 Å². The van der Waals surface area contributed by atoms with E-state index in [-0.39, 0.29) is 5.91 Å². The molecule has 0 N–H and O–H groups in total. The molecular formula is C21H24N4O3. The number of aromatic nitrogens is 2. The maximum Gasteiger partial charge on any atom is 0.274 e. The van der Waals surface area contributed by atoms with Gasteiger partial charge in [0.2, 0.25) is 0 Å². The highest BCUT2D eigenvalue weighted by molar-refractivity contribution is 5.92. The zero-order chi connectivity index (χ0) is 18.9. The van der Waals surface area contributed by atoms with Gasteiger partial charge in [0.05, 0.1) is 6.20 Å². The highest BCUT2D eigenvalue weighted by Crippen LogP contribution is 2.33. The lowest BCUT2D eigenvalue weighted by Crippen LogP contribution is -2.44. The van der Waals surface area contributed by atoms with Crippen molar-refractivity contribution in [3.8, 4) is 11.5 Å². The molecule has 5 heterocycles. The van der Waals surface area contributed by atoms with Gasteiger partial charge < -0.3 is 14.4 Å². The highest BCUT2D eigenvalue weighted by atomic mass is 16.6. The molecule has 4 aliphatic rings. The van der Waals surface area contributed by atoms with Gasteiger partial charge in [-0.15, -0.1) is 0 Å². The number of carbonyl (C=O) groups is 1. The molecular weight excluding hydrogens is 356 g/mol. The normalized spacial score (nSPS) is 24.1. The average molecular weight is 380 g/mol. The van der Waals surface area contributed by atoms with Gasteiger partial charge in [-0.2, -0.15) is 0 Å². The molecule has 0 unspecified atom stereocenters. The molecule has 1 amide bonds. The van der Waals surface area contributed by atoms with Crippen LogP contribution in [0.15, 0.2) is 36.8 Å². The van der Waals surface area contributed by atoms with E-state index in [1.165, 1.54) is 12.0 Å². The minimum Gasteiger partial charge on any atom is -0.486 e. The largest absolute Gasteiger partial charge is 0.486 e. The second-order valence-electron chi connectivity index (χ2n) is 7.81. The maximum atomic E-state index is 12.9. The summed E-state index contributed by atoms with van der Waals surface area (Å²) in [5.41, 5.74) is 1.66. The van der Waals surface area contributed by atoms with Crippen LogP contribution < -0.4 is 9.47 Å². The molecule has 0 saturated carbocycles. The van der Waals surface area contributed by atoms with Gasteiger partial charge in [0.15, 0.2) is 11.5 Å². The Balaban J connectivity index is 1.31. The van der Waals surface area contributed by atoms with E-state index < -0.39 is 0 Å². The number of amides is 1. The lowest BCUT2D eigenvalue weighted by molar-refractivity contribution is 0.0729. The first-order valence-corrected chi connectivity index (χ1v) is 9.94. The first kappa shape index (κ1) is 17.4. The molecule has 146 valence electrons. The smallest absolute Gasteiger partial charge is 0.274 e. The van der Waals surface area contributed by atoms with Crippen molar-refractivity contribution in [2.75, 3.05) is 32.8 Å². The molecule has 6 rings (SSSR count). The Kier molecular flexibility index (Phi) is 4.60. The van der Waals surface area contributed by atoms with Crippen LogP contribution in [0.5, 0.6) is 11.5 Å². The van der Waals surface area contributed by atoms with Crippen LogP contribution in [0.1, 0.15) is 28.9 Å². The molecule has 7 nitrogen and oxygen atoms in total. The number of benzene rings is 1. The van der Waals surface area contributed by atoms with Gasteiger partial charge in [-0.25, -0.2) is 4.98 Å². The second-order valence-corrected chi connectivity index (χ2v) is 7.81. The van der Waals surface area contributed by atoms with Crippen molar-refractivity contribution < 1.29 is 14.3 Å². The molecule has 28 heavy (non-hydrogen) atoms. The van der Waals surface area contributed by atoms with Crippen LogP contribution in [0, 0.1) is 5.92 Å². The molecule has 0 aliphatic carbocycles. The summed E-state index contributed by atoms with van der Waals surface area (Å²) < 4.78 is 11.4. The van der Waals surface area contributed by atoms with Gasteiger partial charge >= 0.3 is 0 Å². The van der Waals surface area contributed by atoms with E-state index in [0.717, 1.165) is 44.1 Å². The second kappa shape index (κ2) is 7.39. The number of piperidine rings is 1. The molecule has 3 fully saturated rings. The van der Waals surface area contributed by atoms with E-state index in [4.69, 9.17) is 9.47 Å². The molecule has 0 spiro atoms. The fourth-order valence-electron chi connectivity index (χ4n) is 4.53. The SMILES string of the molecule is O=C(c1cnccn1)N1C[C@@H]2CC[C@H](C1)N(Cc1ccc3c(c1)OCCO3)C2. The molecule has 1 aromatic heterocycles. The zero-order valence-electron chi connectivity index (χ0n) is 15.8. The van der Waals surface area contributed by atoms with Gasteiger partial charge in [0, 0.05) is 44.6 Å². The summed E-state index contributed by atoms with van der Waals surface area (Å²) in [7, 11) is 0. The minimum absolute atomic E-state index is 0.00817. The summed E-state index contributed by atoms with van der Waals surface area (Å²) in [6, 6.07) is 6.58. The standard InChI is InChI=1S/C21H24N4O3/c26-21(18-10-22-5-6-23-18)25-13-16-1-3-17(14-25)24(12-16)11-15-2-4-19-20(9-15)28-8-7-27-19/h2,4-6,9-10,16-17H,1,3,7-8,11-14H2/t16-,17-/m1/s1. The van der Waals surface area contributed by atoms with Crippen LogP contribution in [0.2, 0.25) is 0 Å². The quantitative estimate of drug-likeness (QED) is 0.811. The van der Waals surface area contributed by atoms with Crippen LogP contribution in [-0.4, -0.2) is 64.6 Å². The Labute approximate surface area is 164 Å². The first-order chi connectivity index (χ1) is 13.8. The van der Waals surface area contributed by atoms with Gasteiger partial charge in [0.1, 0.15) is 18.9 Å². The molecule has 4 aliphatic heterocycles. The lowest BCUT2D eigenvalue weighted by Gasteiger charge is -2.36. The highest BCUT2D eigenvalue weighted by Gasteiger charge is 2.37. The van der Waals surface area contributed by atoms with Crippen molar-refractivity contribution in [1.82, 2.24) is 19.8 Å². The molecule has 2 atom stereocenters. The topological polar surface area (TPSA) is 67.8 Å². The predicted octanol–water partition coefficient (Wildman–Crippen LogP) is 1.98. The molecule has 7 heteroatoms. The monoisotopic (exact) mass is 380 g/mol. The summed E-state index contributed by atoms with van der Waals surface area (Å²) in [4.78, 5) is 25.6. The van der Waals surface area contributed by atoms with Crippen molar-refractivity contribution in [2.24, 2.45) is 5.92 Å². The number of carbonyl (C=O) groups excluding carboxylic acids is 1. The summed E-state index contributed by atoms with van der Waals surface area (Å²) in [5.74, 6) is 2.15. The Morgan fingerprint density at radius 3 is 2.82 bits per heavy atom. The molecule has 2 aromatic rings. The summed E-state index contributed by atoms with van der Waals surface area (Å²) >= 11 is 0. The van der Waals surface area contributed by atoms with Crippen LogP contribution in [0.4, 0.5) is 0 Å². The maximum absolute atomic E-state index is 12.9. The van der Waals surface area contributed by atoms with Crippen LogP contribution in [-0.2, 0) is 6.54 Å². The van der Waals surface area contributed by atoms with Crippen LogP contribution in [0.3, 0.4) is 0 Å². The fraction of sp³-hybridized carbons (Fsp3) is 0.476. The number of fused-ring (bicyclic) bond motifs is 5. The van der Waals surface area contributed by atoms with Crippen LogP contribution in [0.25, 0.3) is 0 Å². The summed E-state index contributed by atoms with van der Waals surface area (Å²) in [6.07, 6.45) is 7.03. The number of hydrogen-bond acceptors (Lipinski definition) is 6. The predicted molar refractivity (Wildman–Crippen MR) is 102 cm³/mol. The Morgan fingerprint density at radius 1 is 1.07 bits per heavy atom. The Bertz CT molecular complexity index is 860. The van der Waals surface area contributed by atoms with Crippen molar-refractivity contribution in [2.45, 2.75) is 25.4 Å². The van der Waals surface area contributed by atoms with E-state index in [9.17, 15) is 4.79 Å². The first-order valence-electron chi connectivity index (χ1n) is 9.94. The Hall–Kier alpha value is -2.67. The third-order valence-corrected chi connectivity index (χ3v) is 5.89. The molecule has 3 saturated heterocycles. The van der Waals surface area contributed by atoms with Crippen molar-refractivity contribution in [3.05, 3.63) is 48.0 Å².